The topological polar surface area (TPSA) is 12.0 Å². The van der Waals surface area contributed by atoms with Gasteiger partial charge in [0.25, 0.3) is 0 Å². The zero-order valence-electron chi connectivity index (χ0n) is 6.91. The summed E-state index contributed by atoms with van der Waals surface area (Å²) < 4.78 is 0. The van der Waals surface area contributed by atoms with Crippen molar-refractivity contribution in [2.75, 3.05) is 13.6 Å². The average molecular weight is 129 g/mol. The molecule has 9 heavy (non-hydrogen) atoms. The van der Waals surface area contributed by atoms with Gasteiger partial charge in [0.1, 0.15) is 0 Å². The minimum atomic E-state index is 0.903. The first kappa shape index (κ1) is 8.96. The van der Waals surface area contributed by atoms with Gasteiger partial charge >= 0.3 is 0 Å². The van der Waals surface area contributed by atoms with Gasteiger partial charge in [-0.25, -0.2) is 0 Å². The van der Waals surface area contributed by atoms with Gasteiger partial charge in [-0.15, -0.1) is 0 Å². The van der Waals surface area contributed by atoms with Crippen LogP contribution in [0.5, 0.6) is 0 Å². The lowest BCUT2D eigenvalue weighted by Crippen LogP contribution is -2.17. The third-order valence-electron chi connectivity index (χ3n) is 1.77. The van der Waals surface area contributed by atoms with Crippen molar-refractivity contribution in [3.05, 3.63) is 0 Å². The number of hydrogen-bond donors (Lipinski definition) is 1. The summed E-state index contributed by atoms with van der Waals surface area (Å²) in [6, 6.07) is 0. The molecule has 0 spiro atoms. The van der Waals surface area contributed by atoms with Gasteiger partial charge in [0.2, 0.25) is 0 Å². The Morgan fingerprint density at radius 2 is 2.00 bits per heavy atom. The van der Waals surface area contributed by atoms with Crippen molar-refractivity contribution in [3.8, 4) is 0 Å². The van der Waals surface area contributed by atoms with Gasteiger partial charge in [-0.05, 0) is 25.9 Å². The second kappa shape index (κ2) is 6.09. The van der Waals surface area contributed by atoms with E-state index in [-0.39, 0.29) is 0 Å². The molecule has 1 unspecified atom stereocenters. The van der Waals surface area contributed by atoms with Crippen molar-refractivity contribution in [2.45, 2.75) is 33.1 Å². The highest BCUT2D eigenvalue weighted by atomic mass is 14.8. The van der Waals surface area contributed by atoms with Gasteiger partial charge in [0.05, 0.1) is 0 Å². The lowest BCUT2D eigenvalue weighted by atomic mass is 10.0. The van der Waals surface area contributed by atoms with Crippen molar-refractivity contribution in [1.82, 2.24) is 5.32 Å². The minimum Gasteiger partial charge on any atom is -0.319 e. The van der Waals surface area contributed by atoms with Crippen LogP contribution in [-0.2, 0) is 0 Å². The van der Waals surface area contributed by atoms with Crippen LogP contribution in [0.2, 0.25) is 0 Å². The van der Waals surface area contributed by atoms with Gasteiger partial charge in [-0.2, -0.15) is 0 Å². The fourth-order valence-corrected chi connectivity index (χ4v) is 1.15. The molecule has 56 valence electrons. The smallest absolute Gasteiger partial charge is 0.00236 e. The van der Waals surface area contributed by atoms with E-state index >= 15 is 0 Å². The normalized spacial score (nSPS) is 13.7. The zero-order chi connectivity index (χ0) is 7.11. The third-order valence-corrected chi connectivity index (χ3v) is 1.77. The fraction of sp³-hybridized carbons (Fsp3) is 1.00. The van der Waals surface area contributed by atoms with E-state index in [1.54, 1.807) is 0 Å². The molecular weight excluding hydrogens is 110 g/mol. The molecule has 1 nitrogen and oxygen atoms in total. The first-order chi connectivity index (χ1) is 4.35. The number of hydrogen-bond acceptors (Lipinski definition) is 1. The second-order valence-electron chi connectivity index (χ2n) is 2.62. The van der Waals surface area contributed by atoms with E-state index in [2.05, 4.69) is 19.2 Å². The Morgan fingerprint density at radius 3 is 2.33 bits per heavy atom. The van der Waals surface area contributed by atoms with Crippen molar-refractivity contribution in [1.29, 1.82) is 0 Å². The Hall–Kier alpha value is -0.0400. The average Bonchev–Trinajstić information content (AvgIpc) is 1.88. The van der Waals surface area contributed by atoms with E-state index in [0.29, 0.717) is 0 Å². The molecule has 0 aromatic rings. The summed E-state index contributed by atoms with van der Waals surface area (Å²) in [5.41, 5.74) is 0. The Kier molecular flexibility index (Phi) is 6.06. The van der Waals surface area contributed by atoms with E-state index in [0.717, 1.165) is 5.92 Å². The molecule has 0 radical (unpaired) electrons. The maximum atomic E-state index is 3.20. The van der Waals surface area contributed by atoms with E-state index in [1.807, 2.05) is 7.05 Å². The number of rotatable bonds is 5. The predicted octanol–water partition coefficient (Wildman–Crippen LogP) is 2.03. The fourth-order valence-electron chi connectivity index (χ4n) is 1.15. The molecule has 0 aromatic heterocycles. The Balaban J connectivity index is 3.18. The molecule has 0 rings (SSSR count). The molecule has 0 amide bonds. The molecule has 0 aliphatic heterocycles. The molecule has 0 saturated carbocycles. The molecular formula is C8H19N. The Bertz CT molecular complexity index is 46.5. The first-order valence-electron chi connectivity index (χ1n) is 3.99. The lowest BCUT2D eigenvalue weighted by molar-refractivity contribution is 0.445. The summed E-state index contributed by atoms with van der Waals surface area (Å²) >= 11 is 0. The van der Waals surface area contributed by atoms with Crippen LogP contribution >= 0.6 is 0 Å². The molecule has 0 saturated heterocycles. The minimum absolute atomic E-state index is 0.903. The van der Waals surface area contributed by atoms with Crippen molar-refractivity contribution in [2.24, 2.45) is 5.92 Å². The Morgan fingerprint density at radius 1 is 1.33 bits per heavy atom. The van der Waals surface area contributed by atoms with Crippen LogP contribution in [0.25, 0.3) is 0 Å². The number of nitrogens with one attached hydrogen (secondary N) is 1. The maximum absolute atomic E-state index is 3.20. The van der Waals surface area contributed by atoms with E-state index in [9.17, 15) is 0 Å². The predicted molar refractivity (Wildman–Crippen MR) is 42.6 cm³/mol. The van der Waals surface area contributed by atoms with E-state index < -0.39 is 0 Å². The molecule has 0 bridgehead atoms. The third kappa shape index (κ3) is 4.46. The van der Waals surface area contributed by atoms with Crippen LogP contribution in [0, 0.1) is 5.92 Å². The first-order valence-corrected chi connectivity index (χ1v) is 3.99. The summed E-state index contributed by atoms with van der Waals surface area (Å²) in [4.78, 5) is 0. The molecule has 0 heterocycles. The SMILES string of the molecule is CCCC(CC)CNC. The lowest BCUT2D eigenvalue weighted by Gasteiger charge is -2.11. The molecule has 1 N–H and O–H groups in total. The van der Waals surface area contributed by atoms with Crippen molar-refractivity contribution in [3.63, 3.8) is 0 Å². The molecule has 0 aliphatic rings. The Labute approximate surface area is 58.8 Å². The largest absolute Gasteiger partial charge is 0.319 e. The summed E-state index contributed by atoms with van der Waals surface area (Å²) in [6.45, 7) is 5.69. The van der Waals surface area contributed by atoms with Crippen LogP contribution < -0.4 is 5.32 Å². The van der Waals surface area contributed by atoms with Crippen molar-refractivity contribution >= 4 is 0 Å². The summed E-state index contributed by atoms with van der Waals surface area (Å²) in [5, 5.41) is 3.20. The highest BCUT2D eigenvalue weighted by Gasteiger charge is 2.01. The summed E-state index contributed by atoms with van der Waals surface area (Å²) in [5.74, 6) is 0.903. The van der Waals surface area contributed by atoms with Gasteiger partial charge in [0.15, 0.2) is 0 Å². The van der Waals surface area contributed by atoms with Crippen LogP contribution in [0.4, 0.5) is 0 Å². The monoisotopic (exact) mass is 129 g/mol. The van der Waals surface area contributed by atoms with Crippen LogP contribution in [0.15, 0.2) is 0 Å². The van der Waals surface area contributed by atoms with Gasteiger partial charge < -0.3 is 5.32 Å². The quantitative estimate of drug-likeness (QED) is 0.599. The molecule has 0 aliphatic carbocycles. The highest BCUT2D eigenvalue weighted by molar-refractivity contribution is 4.57. The van der Waals surface area contributed by atoms with E-state index in [4.69, 9.17) is 0 Å². The summed E-state index contributed by atoms with van der Waals surface area (Å²) in [7, 11) is 2.03. The van der Waals surface area contributed by atoms with Gasteiger partial charge in [0, 0.05) is 0 Å². The van der Waals surface area contributed by atoms with Crippen LogP contribution in [0.1, 0.15) is 33.1 Å². The summed E-state index contributed by atoms with van der Waals surface area (Å²) in [6.07, 6.45) is 4.01. The molecule has 1 atom stereocenters. The van der Waals surface area contributed by atoms with Gasteiger partial charge in [-0.1, -0.05) is 26.7 Å². The molecule has 1 heteroatoms. The zero-order valence-corrected chi connectivity index (χ0v) is 6.91. The van der Waals surface area contributed by atoms with Crippen LogP contribution in [-0.4, -0.2) is 13.6 Å². The standard InChI is InChI=1S/C8H19N/c1-4-6-8(5-2)7-9-3/h8-9H,4-7H2,1-3H3. The van der Waals surface area contributed by atoms with E-state index in [1.165, 1.54) is 25.8 Å². The van der Waals surface area contributed by atoms with Crippen molar-refractivity contribution < 1.29 is 0 Å². The van der Waals surface area contributed by atoms with Gasteiger partial charge in [-0.3, -0.25) is 0 Å². The molecule has 0 fully saturated rings. The van der Waals surface area contributed by atoms with Crippen LogP contribution in [0.3, 0.4) is 0 Å². The molecule has 0 aromatic carbocycles. The highest BCUT2D eigenvalue weighted by Crippen LogP contribution is 2.08. The maximum Gasteiger partial charge on any atom is -0.00236 e. The second-order valence-corrected chi connectivity index (χ2v) is 2.62.